The molecule has 0 amide bonds. The third kappa shape index (κ3) is 9.52. The molecule has 4 heterocycles. The van der Waals surface area contributed by atoms with Gasteiger partial charge in [-0.1, -0.05) is 238 Å². The Morgan fingerprint density at radius 1 is 0.198 bits per heavy atom. The second kappa shape index (κ2) is 25.3. The second-order valence-corrected chi connectivity index (χ2v) is 29.1. The summed E-state index contributed by atoms with van der Waals surface area (Å²) < 4.78 is 9.76. The lowest BCUT2D eigenvalue weighted by molar-refractivity contribution is 0.827. The van der Waals surface area contributed by atoms with Gasteiger partial charge in [-0.15, -0.1) is 0 Å². The Bertz CT molecular complexity index is 6950. The minimum absolute atomic E-state index is 0.987. The molecule has 0 saturated heterocycles. The van der Waals surface area contributed by atoms with Gasteiger partial charge in [0.25, 0.3) is 0 Å². The fourth-order valence-electron chi connectivity index (χ4n) is 19.5. The molecule has 0 bridgehead atoms. The van der Waals surface area contributed by atoms with Crippen LogP contribution in [0.25, 0.3) is 175 Å². The summed E-state index contributed by atoms with van der Waals surface area (Å²) in [5.74, 6) is 0. The van der Waals surface area contributed by atoms with Crippen LogP contribution in [0.1, 0.15) is 86.1 Å². The van der Waals surface area contributed by atoms with Gasteiger partial charge in [-0.25, -0.2) is 0 Å². The molecule has 16 aromatic carbocycles. The summed E-state index contributed by atoms with van der Waals surface area (Å²) in [6, 6.07) is 108. The van der Waals surface area contributed by atoms with Crippen LogP contribution < -0.4 is 0 Å². The molecule has 4 aliphatic rings. The zero-order chi connectivity index (χ0) is 71.0. The molecule has 4 aliphatic carbocycles. The van der Waals surface area contributed by atoms with Gasteiger partial charge in [0.1, 0.15) is 0 Å². The van der Waals surface area contributed by atoms with Crippen LogP contribution in [0.4, 0.5) is 0 Å². The quantitative estimate of drug-likeness (QED) is 0.167. The summed E-state index contributed by atoms with van der Waals surface area (Å²) in [5, 5.41) is 22.0. The van der Waals surface area contributed by atoms with E-state index in [9.17, 15) is 0 Å². The van der Waals surface area contributed by atoms with Gasteiger partial charge in [-0.05, 0) is 252 Å². The van der Waals surface area contributed by atoms with Crippen LogP contribution in [-0.2, 0) is 51.9 Å². The van der Waals surface area contributed by atoms with Crippen molar-refractivity contribution in [2.75, 3.05) is 0 Å². The van der Waals surface area contributed by atoms with Gasteiger partial charge in [0.05, 0.1) is 0 Å². The highest BCUT2D eigenvalue weighted by Gasteiger charge is 2.27. The van der Waals surface area contributed by atoms with Gasteiger partial charge < -0.3 is 18.3 Å². The topological polar surface area (TPSA) is 19.7 Å². The number of nitrogens with zero attached hydrogens (tertiary/aromatic N) is 4. The first-order valence-corrected chi connectivity index (χ1v) is 38.6. The number of benzene rings is 16. The number of rotatable bonds is 4. The fraction of sp³-hybridized carbons (Fsp3) is 0.137. The molecule has 0 fully saturated rings. The molecule has 4 aromatic heterocycles. The summed E-state index contributed by atoms with van der Waals surface area (Å²) in [5.41, 5.74) is 33.7. The number of aryl methyl sites for hydroxylation is 4. The molecule has 0 radical (unpaired) electrons. The zero-order valence-corrected chi connectivity index (χ0v) is 61.2. The van der Waals surface area contributed by atoms with Crippen molar-refractivity contribution in [1.29, 1.82) is 0 Å². The maximum Gasteiger partial charge on any atom is 0.0498 e. The number of hydrogen-bond donors (Lipinski definition) is 0. The largest absolute Gasteiger partial charge is 0.341 e. The molecule has 0 unspecified atom stereocenters. The maximum atomic E-state index is 2.45. The normalized spacial score (nSPS) is 12.6. The highest BCUT2D eigenvalue weighted by molar-refractivity contribution is 6.27. The van der Waals surface area contributed by atoms with Crippen molar-refractivity contribution < 1.29 is 0 Å². The van der Waals surface area contributed by atoms with Crippen LogP contribution in [0.15, 0.2) is 291 Å². The van der Waals surface area contributed by atoms with Crippen molar-refractivity contribution in [3.05, 3.63) is 336 Å². The van der Waals surface area contributed by atoms with E-state index in [-0.39, 0.29) is 0 Å². The number of para-hydroxylation sites is 4. The van der Waals surface area contributed by atoms with E-state index in [1.165, 1.54) is 219 Å². The smallest absolute Gasteiger partial charge is 0.0498 e. The van der Waals surface area contributed by atoms with E-state index in [4.69, 9.17) is 0 Å². The Kier molecular flexibility index (Phi) is 15.1. The van der Waals surface area contributed by atoms with E-state index in [2.05, 4.69) is 337 Å². The van der Waals surface area contributed by atoms with Crippen molar-refractivity contribution >= 4 is 130 Å². The second-order valence-electron chi connectivity index (χ2n) is 29.1. The molecule has 0 N–H and O–H groups in total. The zero-order valence-electron chi connectivity index (χ0n) is 61.2. The van der Waals surface area contributed by atoms with Crippen molar-refractivity contribution in [3.63, 3.8) is 0 Å². The molecule has 106 heavy (non-hydrogen) atoms. The summed E-state index contributed by atoms with van der Waals surface area (Å²) in [7, 11) is 0. The van der Waals surface area contributed by atoms with Crippen LogP contribution in [0.3, 0.4) is 0 Å². The van der Waals surface area contributed by atoms with Crippen molar-refractivity contribution in [2.24, 2.45) is 0 Å². The van der Waals surface area contributed by atoms with Gasteiger partial charge in [-0.3, -0.25) is 0 Å². The lowest BCUT2D eigenvalue weighted by Crippen LogP contribution is -1.92. The monoisotopic (exact) mass is 1360 g/mol. The average molecular weight is 1360 g/mol. The lowest BCUT2D eigenvalue weighted by Gasteiger charge is -2.10. The standard InChI is InChI=1S/4C25H19N.C2H6/c1-2-26-23-10-6-5-9-20(23)25-22-15-18-13-16-7-3-4-8-19(16)21(18)14-17(22)11-12-24(25)26;1-2-26-23-10-6-5-9-20(23)25-22-15-21-18(14-17(22)11-12-24(25)26)13-16-7-3-4-8-19(16)21;1-2-26-21-10-6-5-9-20(21)25-22(26)14-13-16-11-12-18-15-17-7-3-4-8-19(17)23(18)24(16)25;1-2-26-22-10-6-5-9-21(22)25-20-12-11-17-15-16-7-3-4-8-18(16)24(17)19(20)13-14-23(25)26;1-2/h2*3-12,14-15H,2,13H2,1H3;2*3-14H,2,15H2,1H3;1-2H3. The predicted molar refractivity (Wildman–Crippen MR) is 455 cm³/mol. The molecule has 4 nitrogen and oxygen atoms in total. The first kappa shape index (κ1) is 63.4. The lowest BCUT2D eigenvalue weighted by atomic mass is 9.94. The van der Waals surface area contributed by atoms with Gasteiger partial charge in [-0.2, -0.15) is 0 Å². The number of hydrogen-bond acceptors (Lipinski definition) is 0. The first-order valence-electron chi connectivity index (χ1n) is 38.6. The van der Waals surface area contributed by atoms with E-state index in [1.54, 1.807) is 0 Å². The van der Waals surface area contributed by atoms with Crippen LogP contribution in [0.2, 0.25) is 0 Å². The molecule has 0 saturated carbocycles. The van der Waals surface area contributed by atoms with Gasteiger partial charge in [0.15, 0.2) is 0 Å². The minimum atomic E-state index is 0.987. The number of fused-ring (bicyclic) bond motifs is 34. The van der Waals surface area contributed by atoms with Crippen LogP contribution in [0.5, 0.6) is 0 Å². The van der Waals surface area contributed by atoms with Crippen LogP contribution in [0, 0.1) is 0 Å². The molecular weight excluding hydrogens is 1280 g/mol. The molecule has 4 heteroatoms. The van der Waals surface area contributed by atoms with Crippen LogP contribution in [-0.4, -0.2) is 18.3 Å². The summed E-state index contributed by atoms with van der Waals surface area (Å²) in [4.78, 5) is 0. The predicted octanol–water partition coefficient (Wildman–Crippen LogP) is 27.2. The van der Waals surface area contributed by atoms with Crippen molar-refractivity contribution in [1.82, 2.24) is 18.3 Å². The van der Waals surface area contributed by atoms with Crippen molar-refractivity contribution in [2.45, 2.75) is 93.4 Å². The molecule has 24 rings (SSSR count). The van der Waals surface area contributed by atoms with Crippen molar-refractivity contribution in [3.8, 4) is 44.5 Å². The van der Waals surface area contributed by atoms with Gasteiger partial charge >= 0.3 is 0 Å². The molecule has 0 aliphatic heterocycles. The summed E-state index contributed by atoms with van der Waals surface area (Å²) in [6.45, 7) is 16.9. The van der Waals surface area contributed by atoms with Gasteiger partial charge in [0.2, 0.25) is 0 Å². The Morgan fingerprint density at radius 3 is 1.04 bits per heavy atom. The first-order chi connectivity index (χ1) is 52.4. The van der Waals surface area contributed by atoms with E-state index in [1.807, 2.05) is 13.8 Å². The average Bonchev–Trinajstić information content (AvgIpc) is 1.57. The summed E-state index contributed by atoms with van der Waals surface area (Å²) >= 11 is 0. The molecule has 0 spiro atoms. The highest BCUT2D eigenvalue weighted by atomic mass is 15.0. The summed E-state index contributed by atoms with van der Waals surface area (Å²) in [6.07, 6.45) is 4.20. The molecule has 0 atom stereocenters. The molecule has 20 aromatic rings. The molecular formula is C102H82N4. The fourth-order valence-corrected chi connectivity index (χ4v) is 19.5. The SMILES string of the molecule is CC.CCn1c2ccccc2c2c3c4c(ccc3ccc21)Cc1ccccc1-4.CCn1c2ccccc2c2c3cc4c(cc3ccc21)-c1ccccc1C4.CCn1c2ccccc2c2c3cc4c(cc3ccc21)Cc1ccccc1-4.CCn1c2ccccc2c2c3ccc4c(c3ccc21)-c1ccccc1C4. The van der Waals surface area contributed by atoms with Gasteiger partial charge in [0, 0.05) is 113 Å². The molecule has 510 valence electrons. The Hall–Kier alpha value is -12.2. The Morgan fingerprint density at radius 2 is 0.528 bits per heavy atom. The minimum Gasteiger partial charge on any atom is -0.341 e. The number of aromatic nitrogens is 4. The third-order valence-electron chi connectivity index (χ3n) is 24.0. The third-order valence-corrected chi connectivity index (χ3v) is 24.0. The van der Waals surface area contributed by atoms with Crippen LogP contribution >= 0.6 is 0 Å². The van der Waals surface area contributed by atoms with E-state index < -0.39 is 0 Å². The van der Waals surface area contributed by atoms with E-state index >= 15 is 0 Å². The highest BCUT2D eigenvalue weighted by Crippen LogP contribution is 2.50. The van der Waals surface area contributed by atoms with E-state index in [0.717, 1.165) is 51.9 Å². The Labute approximate surface area is 618 Å². The maximum absolute atomic E-state index is 2.45. The van der Waals surface area contributed by atoms with E-state index in [0.29, 0.717) is 0 Å². The Balaban J connectivity index is 0.0000000928.